The van der Waals surface area contributed by atoms with Crippen LogP contribution in [-0.4, -0.2) is 35.0 Å². The highest BCUT2D eigenvalue weighted by molar-refractivity contribution is 8.00. The molecule has 108 valence electrons. The van der Waals surface area contributed by atoms with Gasteiger partial charge in [0.2, 0.25) is 0 Å². The standard InChI is InChI=1S/C15H26N2OS/c1-4-12-5-6-14(18-12)13(11-16)17-8-7-15(2,3)19-10-9-17/h5-6,13H,4,7-11,16H2,1-3H3. The summed E-state index contributed by atoms with van der Waals surface area (Å²) in [5.41, 5.74) is 6.00. The summed E-state index contributed by atoms with van der Waals surface area (Å²) in [5.74, 6) is 3.26. The Labute approximate surface area is 120 Å². The van der Waals surface area contributed by atoms with Crippen molar-refractivity contribution in [1.82, 2.24) is 4.90 Å². The zero-order chi connectivity index (χ0) is 13.9. The zero-order valence-corrected chi connectivity index (χ0v) is 13.1. The summed E-state index contributed by atoms with van der Waals surface area (Å²) in [7, 11) is 0. The third kappa shape index (κ3) is 3.77. The first-order valence-electron chi connectivity index (χ1n) is 7.22. The number of hydrogen-bond acceptors (Lipinski definition) is 4. The number of nitrogens with zero attached hydrogens (tertiary/aromatic N) is 1. The van der Waals surface area contributed by atoms with E-state index in [1.807, 2.05) is 0 Å². The Balaban J connectivity index is 2.08. The van der Waals surface area contributed by atoms with Gasteiger partial charge in [-0.05, 0) is 18.6 Å². The van der Waals surface area contributed by atoms with Crippen molar-refractivity contribution in [2.75, 3.05) is 25.4 Å². The summed E-state index contributed by atoms with van der Waals surface area (Å²) >= 11 is 2.06. The molecule has 1 aliphatic rings. The van der Waals surface area contributed by atoms with Crippen molar-refractivity contribution in [2.24, 2.45) is 5.73 Å². The number of thioether (sulfide) groups is 1. The van der Waals surface area contributed by atoms with Gasteiger partial charge in [0.15, 0.2) is 0 Å². The zero-order valence-electron chi connectivity index (χ0n) is 12.3. The molecule has 2 rings (SSSR count). The van der Waals surface area contributed by atoms with Gasteiger partial charge in [0.1, 0.15) is 11.5 Å². The third-order valence-electron chi connectivity index (χ3n) is 3.90. The molecule has 1 saturated heterocycles. The molecule has 1 aromatic heterocycles. The van der Waals surface area contributed by atoms with Crippen LogP contribution in [0.25, 0.3) is 0 Å². The second-order valence-electron chi connectivity index (χ2n) is 5.80. The fraction of sp³-hybridized carbons (Fsp3) is 0.733. The molecule has 1 unspecified atom stereocenters. The molecule has 0 aromatic carbocycles. The number of furan rings is 1. The Morgan fingerprint density at radius 1 is 1.42 bits per heavy atom. The molecular formula is C15H26N2OS. The minimum Gasteiger partial charge on any atom is -0.464 e. The molecular weight excluding hydrogens is 256 g/mol. The average Bonchev–Trinajstić information content (AvgIpc) is 2.77. The van der Waals surface area contributed by atoms with Gasteiger partial charge >= 0.3 is 0 Å². The van der Waals surface area contributed by atoms with Crippen LogP contribution in [0.2, 0.25) is 0 Å². The molecule has 0 spiro atoms. The molecule has 2 heterocycles. The van der Waals surface area contributed by atoms with Gasteiger partial charge in [-0.15, -0.1) is 0 Å². The minimum atomic E-state index is 0.231. The van der Waals surface area contributed by atoms with Crippen LogP contribution in [0.3, 0.4) is 0 Å². The summed E-state index contributed by atoms with van der Waals surface area (Å²) < 4.78 is 6.28. The second kappa shape index (κ2) is 6.33. The van der Waals surface area contributed by atoms with Crippen molar-refractivity contribution in [2.45, 2.75) is 44.4 Å². The Hall–Kier alpha value is -0.450. The quantitative estimate of drug-likeness (QED) is 0.921. The van der Waals surface area contributed by atoms with Crippen molar-refractivity contribution >= 4 is 11.8 Å². The van der Waals surface area contributed by atoms with Crippen LogP contribution in [0.15, 0.2) is 16.5 Å². The second-order valence-corrected chi connectivity index (χ2v) is 7.61. The first-order valence-corrected chi connectivity index (χ1v) is 8.21. The van der Waals surface area contributed by atoms with Crippen molar-refractivity contribution in [3.8, 4) is 0 Å². The van der Waals surface area contributed by atoms with Crippen LogP contribution in [0.4, 0.5) is 0 Å². The summed E-state index contributed by atoms with van der Waals surface area (Å²) in [4.78, 5) is 2.49. The topological polar surface area (TPSA) is 42.4 Å². The van der Waals surface area contributed by atoms with Crippen LogP contribution < -0.4 is 5.73 Å². The molecule has 19 heavy (non-hydrogen) atoms. The Kier molecular flexibility index (Phi) is 4.98. The van der Waals surface area contributed by atoms with E-state index in [2.05, 4.69) is 49.6 Å². The van der Waals surface area contributed by atoms with E-state index in [1.54, 1.807) is 0 Å². The summed E-state index contributed by atoms with van der Waals surface area (Å²) in [6, 6.07) is 4.41. The molecule has 1 aromatic rings. The van der Waals surface area contributed by atoms with Crippen LogP contribution >= 0.6 is 11.8 Å². The maximum absolute atomic E-state index is 6.00. The lowest BCUT2D eigenvalue weighted by Gasteiger charge is -2.28. The van der Waals surface area contributed by atoms with Gasteiger partial charge in [0.25, 0.3) is 0 Å². The highest BCUT2D eigenvalue weighted by atomic mass is 32.2. The molecule has 0 aliphatic carbocycles. The van der Waals surface area contributed by atoms with Gasteiger partial charge in [-0.25, -0.2) is 0 Å². The molecule has 1 aliphatic heterocycles. The van der Waals surface area contributed by atoms with E-state index in [-0.39, 0.29) is 6.04 Å². The SMILES string of the molecule is CCc1ccc(C(CN)N2CCSC(C)(C)CC2)o1. The van der Waals surface area contributed by atoms with E-state index in [9.17, 15) is 0 Å². The molecule has 0 radical (unpaired) electrons. The van der Waals surface area contributed by atoms with Gasteiger partial charge in [-0.3, -0.25) is 4.90 Å². The maximum Gasteiger partial charge on any atom is 0.122 e. The first kappa shape index (κ1) is 14.9. The predicted molar refractivity (Wildman–Crippen MR) is 82.6 cm³/mol. The molecule has 3 nitrogen and oxygen atoms in total. The number of nitrogens with two attached hydrogens (primary N) is 1. The summed E-state index contributed by atoms with van der Waals surface area (Å²) in [6.45, 7) is 9.61. The highest BCUT2D eigenvalue weighted by Gasteiger charge is 2.28. The monoisotopic (exact) mass is 282 g/mol. The van der Waals surface area contributed by atoms with E-state index in [1.165, 1.54) is 12.2 Å². The lowest BCUT2D eigenvalue weighted by Crippen LogP contribution is -2.35. The predicted octanol–water partition coefficient (Wildman–Crippen LogP) is 3.06. The van der Waals surface area contributed by atoms with Crippen LogP contribution in [-0.2, 0) is 6.42 Å². The average molecular weight is 282 g/mol. The van der Waals surface area contributed by atoms with Gasteiger partial charge in [-0.1, -0.05) is 20.8 Å². The smallest absolute Gasteiger partial charge is 0.122 e. The highest BCUT2D eigenvalue weighted by Crippen LogP contribution is 2.33. The van der Waals surface area contributed by atoms with Crippen molar-refractivity contribution in [3.05, 3.63) is 23.7 Å². The van der Waals surface area contributed by atoms with Gasteiger partial charge in [0, 0.05) is 36.6 Å². The van der Waals surface area contributed by atoms with Gasteiger partial charge in [0.05, 0.1) is 6.04 Å². The van der Waals surface area contributed by atoms with Gasteiger partial charge < -0.3 is 10.2 Å². The largest absolute Gasteiger partial charge is 0.464 e. The Morgan fingerprint density at radius 2 is 2.21 bits per heavy atom. The van der Waals surface area contributed by atoms with Crippen LogP contribution in [0.5, 0.6) is 0 Å². The normalized spacial score (nSPS) is 22.1. The summed E-state index contributed by atoms with van der Waals surface area (Å²) in [5, 5.41) is 0. The van der Waals surface area contributed by atoms with E-state index in [4.69, 9.17) is 10.2 Å². The van der Waals surface area contributed by atoms with Crippen LogP contribution in [0, 0.1) is 0 Å². The van der Waals surface area contributed by atoms with Crippen molar-refractivity contribution in [1.29, 1.82) is 0 Å². The fourth-order valence-electron chi connectivity index (χ4n) is 2.56. The molecule has 0 saturated carbocycles. The van der Waals surface area contributed by atoms with E-state index in [0.717, 1.165) is 31.0 Å². The lowest BCUT2D eigenvalue weighted by molar-refractivity contribution is 0.185. The first-order chi connectivity index (χ1) is 9.05. The van der Waals surface area contributed by atoms with Gasteiger partial charge in [-0.2, -0.15) is 11.8 Å². The lowest BCUT2D eigenvalue weighted by atomic mass is 10.1. The van der Waals surface area contributed by atoms with E-state index in [0.29, 0.717) is 11.3 Å². The van der Waals surface area contributed by atoms with Crippen LogP contribution in [0.1, 0.15) is 44.8 Å². The Bertz CT molecular complexity index is 403. The van der Waals surface area contributed by atoms with E-state index >= 15 is 0 Å². The number of hydrogen-bond donors (Lipinski definition) is 1. The van der Waals surface area contributed by atoms with E-state index < -0.39 is 0 Å². The van der Waals surface area contributed by atoms with Crippen molar-refractivity contribution in [3.63, 3.8) is 0 Å². The Morgan fingerprint density at radius 3 is 2.84 bits per heavy atom. The molecule has 1 atom stereocenters. The molecule has 4 heteroatoms. The molecule has 0 amide bonds. The fourth-order valence-corrected chi connectivity index (χ4v) is 3.67. The number of rotatable bonds is 4. The molecule has 0 bridgehead atoms. The third-order valence-corrected chi connectivity index (χ3v) is 5.27. The molecule has 2 N–H and O–H groups in total. The maximum atomic E-state index is 6.00. The minimum absolute atomic E-state index is 0.231. The van der Waals surface area contributed by atoms with Crippen molar-refractivity contribution < 1.29 is 4.42 Å². The molecule has 1 fully saturated rings. The number of aryl methyl sites for hydroxylation is 1. The summed E-state index contributed by atoms with van der Waals surface area (Å²) in [6.07, 6.45) is 2.15.